The van der Waals surface area contributed by atoms with Gasteiger partial charge in [0.25, 0.3) is 5.56 Å². The first-order valence-electron chi connectivity index (χ1n) is 6.93. The van der Waals surface area contributed by atoms with Gasteiger partial charge >= 0.3 is 0 Å². The Hall–Kier alpha value is -1.99. The first kappa shape index (κ1) is 12.7. The highest BCUT2D eigenvalue weighted by atomic mass is 32.1. The Morgan fingerprint density at radius 1 is 1.38 bits per heavy atom. The Kier molecular flexibility index (Phi) is 3.08. The second-order valence-electron chi connectivity index (χ2n) is 5.43. The Balaban J connectivity index is 1.34. The Labute approximate surface area is 125 Å². The molecular weight excluding hydrogens is 286 g/mol. The molecule has 3 aromatic heterocycles. The molecule has 0 unspecified atom stereocenters. The van der Waals surface area contributed by atoms with Crippen LogP contribution in [0, 0.1) is 5.92 Å². The van der Waals surface area contributed by atoms with E-state index >= 15 is 0 Å². The number of aromatic nitrogens is 4. The van der Waals surface area contributed by atoms with Crippen LogP contribution in [-0.2, 0) is 13.1 Å². The van der Waals surface area contributed by atoms with Gasteiger partial charge in [0.1, 0.15) is 0 Å². The number of hydrogen-bond donors (Lipinski definition) is 0. The van der Waals surface area contributed by atoms with E-state index in [1.54, 1.807) is 34.3 Å². The number of nitrogens with zero attached hydrogens (tertiary/aromatic N) is 5. The van der Waals surface area contributed by atoms with Gasteiger partial charge in [-0.3, -0.25) is 14.1 Å². The van der Waals surface area contributed by atoms with Crippen LogP contribution in [0.1, 0.15) is 5.69 Å². The SMILES string of the molecule is O=c1cccnn1CC1CN(Cc2cn3ccsc3n2)C1. The number of fused-ring (bicyclic) bond motifs is 1. The van der Waals surface area contributed by atoms with Gasteiger partial charge in [-0.1, -0.05) is 0 Å². The number of thiazole rings is 1. The van der Waals surface area contributed by atoms with Gasteiger partial charge in [-0.05, 0) is 6.07 Å². The quantitative estimate of drug-likeness (QED) is 0.724. The zero-order valence-corrected chi connectivity index (χ0v) is 12.2. The van der Waals surface area contributed by atoms with Gasteiger partial charge in [0.2, 0.25) is 0 Å². The molecule has 4 heterocycles. The molecule has 0 spiro atoms. The van der Waals surface area contributed by atoms with Gasteiger partial charge in [0.05, 0.1) is 12.2 Å². The molecule has 108 valence electrons. The van der Waals surface area contributed by atoms with Crippen molar-refractivity contribution < 1.29 is 0 Å². The van der Waals surface area contributed by atoms with Gasteiger partial charge < -0.3 is 0 Å². The van der Waals surface area contributed by atoms with Crippen LogP contribution in [0.4, 0.5) is 0 Å². The highest BCUT2D eigenvalue weighted by Gasteiger charge is 2.27. The second kappa shape index (κ2) is 5.09. The van der Waals surface area contributed by atoms with E-state index in [2.05, 4.69) is 25.6 Å². The van der Waals surface area contributed by atoms with Crippen LogP contribution in [0.3, 0.4) is 0 Å². The Morgan fingerprint density at radius 2 is 2.29 bits per heavy atom. The van der Waals surface area contributed by atoms with Gasteiger partial charge in [-0.15, -0.1) is 11.3 Å². The van der Waals surface area contributed by atoms with Crippen LogP contribution in [0.2, 0.25) is 0 Å². The zero-order chi connectivity index (χ0) is 14.2. The summed E-state index contributed by atoms with van der Waals surface area (Å²) in [5, 5.41) is 6.14. The third-order valence-electron chi connectivity index (χ3n) is 3.78. The number of hydrogen-bond acceptors (Lipinski definition) is 5. The fourth-order valence-corrected chi connectivity index (χ4v) is 3.49. The first-order valence-corrected chi connectivity index (χ1v) is 7.81. The topological polar surface area (TPSA) is 55.4 Å². The number of likely N-dealkylation sites (tertiary alicyclic amines) is 1. The van der Waals surface area contributed by atoms with Crippen molar-refractivity contribution in [1.82, 2.24) is 24.1 Å². The van der Waals surface area contributed by atoms with E-state index in [0.29, 0.717) is 12.5 Å². The highest BCUT2D eigenvalue weighted by molar-refractivity contribution is 7.15. The van der Waals surface area contributed by atoms with Crippen LogP contribution in [0.5, 0.6) is 0 Å². The second-order valence-corrected chi connectivity index (χ2v) is 6.30. The molecule has 0 amide bonds. The summed E-state index contributed by atoms with van der Waals surface area (Å²) in [6.07, 6.45) is 5.78. The molecule has 1 aliphatic rings. The molecule has 0 saturated carbocycles. The maximum Gasteiger partial charge on any atom is 0.266 e. The molecule has 6 nitrogen and oxygen atoms in total. The summed E-state index contributed by atoms with van der Waals surface area (Å²) >= 11 is 1.65. The average molecular weight is 301 g/mol. The lowest BCUT2D eigenvalue weighted by molar-refractivity contribution is 0.0755. The fourth-order valence-electron chi connectivity index (χ4n) is 2.77. The maximum atomic E-state index is 11.6. The predicted molar refractivity (Wildman–Crippen MR) is 80.3 cm³/mol. The zero-order valence-electron chi connectivity index (χ0n) is 11.4. The largest absolute Gasteiger partial charge is 0.297 e. The van der Waals surface area contributed by atoms with Crippen molar-refractivity contribution in [2.45, 2.75) is 13.1 Å². The minimum absolute atomic E-state index is 0.0229. The van der Waals surface area contributed by atoms with E-state index in [1.807, 2.05) is 11.6 Å². The summed E-state index contributed by atoms with van der Waals surface area (Å²) in [5.74, 6) is 0.501. The van der Waals surface area contributed by atoms with Crippen LogP contribution in [0.15, 0.2) is 40.9 Å². The van der Waals surface area contributed by atoms with E-state index in [9.17, 15) is 4.79 Å². The minimum Gasteiger partial charge on any atom is -0.297 e. The fraction of sp³-hybridized carbons (Fsp3) is 0.357. The molecule has 1 aliphatic heterocycles. The smallest absolute Gasteiger partial charge is 0.266 e. The molecule has 0 N–H and O–H groups in total. The van der Waals surface area contributed by atoms with Crippen LogP contribution >= 0.6 is 11.3 Å². The average Bonchev–Trinajstić information content (AvgIpc) is 2.99. The predicted octanol–water partition coefficient (Wildman–Crippen LogP) is 1.08. The molecular formula is C14H15N5OS. The van der Waals surface area contributed by atoms with Gasteiger partial charge in [0.15, 0.2) is 4.96 Å². The first-order chi connectivity index (χ1) is 10.3. The normalized spacial score (nSPS) is 16.4. The van der Waals surface area contributed by atoms with Crippen LogP contribution < -0.4 is 5.56 Å². The molecule has 7 heteroatoms. The van der Waals surface area contributed by atoms with E-state index in [-0.39, 0.29) is 5.56 Å². The molecule has 0 atom stereocenters. The molecule has 21 heavy (non-hydrogen) atoms. The highest BCUT2D eigenvalue weighted by Crippen LogP contribution is 2.20. The van der Waals surface area contributed by atoms with Crippen LogP contribution in [-0.4, -0.2) is 37.2 Å². The van der Waals surface area contributed by atoms with Crippen LogP contribution in [0.25, 0.3) is 4.96 Å². The number of rotatable bonds is 4. The Bertz CT molecular complexity index is 785. The third-order valence-corrected chi connectivity index (χ3v) is 4.55. The van der Waals surface area contributed by atoms with Crippen molar-refractivity contribution in [3.63, 3.8) is 0 Å². The molecule has 1 fully saturated rings. The summed E-state index contributed by atoms with van der Waals surface area (Å²) in [6.45, 7) is 3.57. The lowest BCUT2D eigenvalue weighted by Gasteiger charge is -2.38. The minimum atomic E-state index is -0.0229. The summed E-state index contributed by atoms with van der Waals surface area (Å²) in [4.78, 5) is 19.6. The third kappa shape index (κ3) is 2.50. The van der Waals surface area contributed by atoms with Crippen molar-refractivity contribution in [1.29, 1.82) is 0 Å². The standard InChI is InChI=1S/C14H15N5OS/c20-13-2-1-3-15-19(13)8-11-6-17(7-11)9-12-10-18-4-5-21-14(18)16-12/h1-5,10-11H,6-9H2. The summed E-state index contributed by atoms with van der Waals surface area (Å²) in [6, 6.07) is 3.23. The Morgan fingerprint density at radius 3 is 3.10 bits per heavy atom. The van der Waals surface area contributed by atoms with Gasteiger partial charge in [-0.25, -0.2) is 9.67 Å². The molecule has 0 radical (unpaired) electrons. The van der Waals surface area contributed by atoms with E-state index in [0.717, 1.165) is 30.3 Å². The molecule has 3 aromatic rings. The molecule has 0 aliphatic carbocycles. The summed E-state index contributed by atoms with van der Waals surface area (Å²) in [7, 11) is 0. The molecule has 4 rings (SSSR count). The summed E-state index contributed by atoms with van der Waals surface area (Å²) in [5.41, 5.74) is 1.08. The van der Waals surface area contributed by atoms with Crippen molar-refractivity contribution >= 4 is 16.3 Å². The molecule has 1 saturated heterocycles. The lowest BCUT2D eigenvalue weighted by atomic mass is 10.00. The number of imidazole rings is 1. The van der Waals surface area contributed by atoms with E-state index in [4.69, 9.17) is 0 Å². The molecule has 0 aromatic carbocycles. The van der Waals surface area contributed by atoms with Crippen molar-refractivity contribution in [2.24, 2.45) is 5.92 Å². The maximum absolute atomic E-state index is 11.6. The van der Waals surface area contributed by atoms with E-state index < -0.39 is 0 Å². The lowest BCUT2D eigenvalue weighted by Crippen LogP contribution is -2.48. The van der Waals surface area contributed by atoms with E-state index in [1.165, 1.54) is 0 Å². The van der Waals surface area contributed by atoms with Crippen molar-refractivity contribution in [3.8, 4) is 0 Å². The molecule has 0 bridgehead atoms. The van der Waals surface area contributed by atoms with Crippen molar-refractivity contribution in [2.75, 3.05) is 13.1 Å². The van der Waals surface area contributed by atoms with Crippen molar-refractivity contribution in [3.05, 3.63) is 52.2 Å². The monoisotopic (exact) mass is 301 g/mol. The van der Waals surface area contributed by atoms with Gasteiger partial charge in [-0.2, -0.15) is 5.10 Å². The summed E-state index contributed by atoms with van der Waals surface area (Å²) < 4.78 is 3.61. The van der Waals surface area contributed by atoms with Gasteiger partial charge in [0, 0.05) is 55.6 Å².